The minimum atomic E-state index is -1.93. The van der Waals surface area contributed by atoms with Crippen LogP contribution >= 0.6 is 0 Å². The molecule has 0 aliphatic heterocycles. The van der Waals surface area contributed by atoms with Gasteiger partial charge in [0.25, 0.3) is 0 Å². The van der Waals surface area contributed by atoms with E-state index in [9.17, 15) is 9.59 Å². The minimum absolute atomic E-state index is 0.0667. The molecule has 0 saturated heterocycles. The number of carbonyl (C=O) groups excluding carboxylic acids is 1. The van der Waals surface area contributed by atoms with E-state index in [4.69, 9.17) is 15.6 Å². The molecule has 0 aromatic rings. The molecule has 0 aromatic heterocycles. The monoisotopic (exact) mass is 217 g/mol. The van der Waals surface area contributed by atoms with Crippen molar-refractivity contribution in [1.82, 2.24) is 0 Å². The van der Waals surface area contributed by atoms with Gasteiger partial charge in [0.05, 0.1) is 0 Å². The van der Waals surface area contributed by atoms with E-state index in [1.165, 1.54) is 0 Å². The number of aliphatic carboxylic acids is 1. The maximum Gasteiger partial charge on any atom is 0.338 e. The number of hydrogen-bond acceptors (Lipinski definition) is 4. The average molecular weight is 217 g/mol. The molecule has 5 heteroatoms. The molecular weight excluding hydrogens is 198 g/mol. The fraction of sp³-hybridized carbons (Fsp3) is 0.800. The van der Waals surface area contributed by atoms with Crippen molar-refractivity contribution >= 4 is 11.9 Å². The second kappa shape index (κ2) is 4.61. The third-order valence-electron chi connectivity index (χ3n) is 1.79. The van der Waals surface area contributed by atoms with Crippen molar-refractivity contribution in [2.75, 3.05) is 0 Å². The van der Waals surface area contributed by atoms with Gasteiger partial charge in [0.2, 0.25) is 5.54 Å². The Labute approximate surface area is 89.6 Å². The summed E-state index contributed by atoms with van der Waals surface area (Å²) in [4.78, 5) is 22.5. The molecule has 0 aliphatic rings. The van der Waals surface area contributed by atoms with Crippen LogP contribution in [0.4, 0.5) is 0 Å². The summed E-state index contributed by atoms with van der Waals surface area (Å²) in [7, 11) is 0. The van der Waals surface area contributed by atoms with Crippen LogP contribution in [-0.2, 0) is 14.3 Å². The van der Waals surface area contributed by atoms with E-state index in [0.29, 0.717) is 6.42 Å². The summed E-state index contributed by atoms with van der Waals surface area (Å²) in [5, 5.41) is 8.91. The highest BCUT2D eigenvalue weighted by atomic mass is 16.6. The van der Waals surface area contributed by atoms with Gasteiger partial charge >= 0.3 is 11.9 Å². The number of carboxylic acid groups (broad SMARTS) is 1. The van der Waals surface area contributed by atoms with Gasteiger partial charge in [-0.3, -0.25) is 0 Å². The number of rotatable bonds is 4. The first kappa shape index (κ1) is 13.9. The zero-order chi connectivity index (χ0) is 12.3. The van der Waals surface area contributed by atoms with Gasteiger partial charge in [-0.1, -0.05) is 13.3 Å². The van der Waals surface area contributed by atoms with Crippen molar-refractivity contribution in [1.29, 1.82) is 0 Å². The Bertz CT molecular complexity index is 257. The van der Waals surface area contributed by atoms with Gasteiger partial charge in [0.1, 0.15) is 5.60 Å². The Morgan fingerprint density at radius 1 is 1.33 bits per heavy atom. The second-order valence-electron chi connectivity index (χ2n) is 4.53. The Morgan fingerprint density at radius 3 is 2.07 bits per heavy atom. The lowest BCUT2D eigenvalue weighted by molar-refractivity contribution is -0.169. The highest BCUT2D eigenvalue weighted by Gasteiger charge is 2.44. The molecular formula is C10H19NO4. The van der Waals surface area contributed by atoms with E-state index in [1.54, 1.807) is 27.7 Å². The van der Waals surface area contributed by atoms with E-state index in [2.05, 4.69) is 0 Å². The lowest BCUT2D eigenvalue weighted by Gasteiger charge is -2.27. The summed E-state index contributed by atoms with van der Waals surface area (Å²) in [5.74, 6) is -2.23. The summed E-state index contributed by atoms with van der Waals surface area (Å²) >= 11 is 0. The molecule has 0 unspecified atom stereocenters. The highest BCUT2D eigenvalue weighted by molar-refractivity contribution is 6.03. The molecule has 1 atom stereocenters. The predicted octanol–water partition coefficient (Wildman–Crippen LogP) is 0.910. The van der Waals surface area contributed by atoms with Crippen molar-refractivity contribution in [2.45, 2.75) is 51.7 Å². The first-order valence-electron chi connectivity index (χ1n) is 4.89. The van der Waals surface area contributed by atoms with Gasteiger partial charge in [-0.2, -0.15) is 0 Å². The molecule has 0 rings (SSSR count). The van der Waals surface area contributed by atoms with Crippen molar-refractivity contribution < 1.29 is 19.4 Å². The van der Waals surface area contributed by atoms with Crippen LogP contribution in [0, 0.1) is 0 Å². The lowest BCUT2D eigenvalue weighted by Crippen LogP contribution is -2.57. The zero-order valence-corrected chi connectivity index (χ0v) is 9.66. The lowest BCUT2D eigenvalue weighted by atomic mass is 9.95. The molecule has 3 N–H and O–H groups in total. The maximum atomic E-state index is 11.6. The van der Waals surface area contributed by atoms with Crippen LogP contribution in [0.5, 0.6) is 0 Å². The topological polar surface area (TPSA) is 89.6 Å². The molecule has 88 valence electrons. The van der Waals surface area contributed by atoms with Crippen molar-refractivity contribution in [2.24, 2.45) is 5.73 Å². The molecule has 0 aromatic carbocycles. The van der Waals surface area contributed by atoms with E-state index >= 15 is 0 Å². The van der Waals surface area contributed by atoms with Crippen LogP contribution in [0.1, 0.15) is 40.5 Å². The Hall–Kier alpha value is -1.10. The highest BCUT2D eigenvalue weighted by Crippen LogP contribution is 2.17. The summed E-state index contributed by atoms with van der Waals surface area (Å²) < 4.78 is 4.97. The Morgan fingerprint density at radius 2 is 1.80 bits per heavy atom. The number of hydrogen-bond donors (Lipinski definition) is 2. The molecule has 0 heterocycles. The number of nitrogens with two attached hydrogens (primary N) is 1. The fourth-order valence-corrected chi connectivity index (χ4v) is 1.06. The molecule has 0 spiro atoms. The van der Waals surface area contributed by atoms with Crippen molar-refractivity contribution in [3.8, 4) is 0 Å². The van der Waals surface area contributed by atoms with Crippen LogP contribution in [0.2, 0.25) is 0 Å². The largest absolute Gasteiger partial charge is 0.479 e. The summed E-state index contributed by atoms with van der Waals surface area (Å²) in [5.41, 5.74) is 2.87. The first-order chi connectivity index (χ1) is 6.63. The van der Waals surface area contributed by atoms with Gasteiger partial charge in [-0.05, 0) is 27.2 Å². The van der Waals surface area contributed by atoms with Crippen LogP contribution < -0.4 is 5.73 Å². The van der Waals surface area contributed by atoms with E-state index in [1.807, 2.05) is 0 Å². The normalized spacial score (nSPS) is 15.5. The number of carboxylic acids is 1. The van der Waals surface area contributed by atoms with Crippen LogP contribution in [0.3, 0.4) is 0 Å². The molecule has 0 amide bonds. The van der Waals surface area contributed by atoms with Crippen molar-refractivity contribution in [3.05, 3.63) is 0 Å². The van der Waals surface area contributed by atoms with E-state index in [-0.39, 0.29) is 6.42 Å². The minimum Gasteiger partial charge on any atom is -0.479 e. The molecule has 0 fully saturated rings. The van der Waals surface area contributed by atoms with Crippen LogP contribution in [0.15, 0.2) is 0 Å². The quantitative estimate of drug-likeness (QED) is 0.539. The summed E-state index contributed by atoms with van der Waals surface area (Å²) in [6, 6.07) is 0. The van der Waals surface area contributed by atoms with Crippen LogP contribution in [-0.4, -0.2) is 28.2 Å². The second-order valence-corrected chi connectivity index (χ2v) is 4.53. The van der Waals surface area contributed by atoms with Gasteiger partial charge in [0.15, 0.2) is 0 Å². The summed E-state index contributed by atoms with van der Waals surface area (Å²) in [6.45, 7) is 6.76. The summed E-state index contributed by atoms with van der Waals surface area (Å²) in [6.07, 6.45) is 0.569. The maximum absolute atomic E-state index is 11.6. The van der Waals surface area contributed by atoms with Gasteiger partial charge < -0.3 is 15.6 Å². The zero-order valence-electron chi connectivity index (χ0n) is 9.66. The molecule has 15 heavy (non-hydrogen) atoms. The number of carbonyl (C=O) groups is 2. The van der Waals surface area contributed by atoms with Gasteiger partial charge in [0, 0.05) is 0 Å². The van der Waals surface area contributed by atoms with Gasteiger partial charge in [-0.25, -0.2) is 9.59 Å². The van der Waals surface area contributed by atoms with Crippen molar-refractivity contribution in [3.63, 3.8) is 0 Å². The van der Waals surface area contributed by atoms with E-state index < -0.39 is 23.1 Å². The molecule has 5 nitrogen and oxygen atoms in total. The smallest absolute Gasteiger partial charge is 0.338 e. The predicted molar refractivity (Wildman–Crippen MR) is 55.3 cm³/mol. The molecule has 0 radical (unpaired) electrons. The molecule has 0 bridgehead atoms. The first-order valence-corrected chi connectivity index (χ1v) is 4.89. The van der Waals surface area contributed by atoms with Gasteiger partial charge in [-0.15, -0.1) is 0 Å². The Balaban J connectivity index is 4.79. The number of ether oxygens (including phenoxy) is 1. The molecule has 0 saturated carbocycles. The fourth-order valence-electron chi connectivity index (χ4n) is 1.06. The average Bonchev–Trinajstić information content (AvgIpc) is 2.00. The van der Waals surface area contributed by atoms with E-state index in [0.717, 1.165) is 0 Å². The third kappa shape index (κ3) is 3.87. The Kier molecular flexibility index (Phi) is 4.27. The molecule has 0 aliphatic carbocycles. The standard InChI is InChI=1S/C10H19NO4/c1-5-6-10(11,7(12)13)8(14)15-9(2,3)4/h5-6,11H2,1-4H3,(H,12,13)/t10-/m1/s1. The third-order valence-corrected chi connectivity index (χ3v) is 1.79. The SMILES string of the molecule is CCC[C@@](N)(C(=O)O)C(=O)OC(C)(C)C. The number of esters is 1. The van der Waals surface area contributed by atoms with Crippen LogP contribution in [0.25, 0.3) is 0 Å².